The van der Waals surface area contributed by atoms with Gasteiger partial charge in [-0.2, -0.15) is 0 Å². The van der Waals surface area contributed by atoms with Crippen molar-refractivity contribution in [2.24, 2.45) is 0 Å². The lowest BCUT2D eigenvalue weighted by atomic mass is 10.1. The molecule has 0 aliphatic carbocycles. The van der Waals surface area contributed by atoms with Crippen molar-refractivity contribution in [3.8, 4) is 0 Å². The Balaban J connectivity index is 4.48. The lowest BCUT2D eigenvalue weighted by molar-refractivity contribution is -0.167. The van der Waals surface area contributed by atoms with Gasteiger partial charge in [0.05, 0.1) is 0 Å². The maximum absolute atomic E-state index is 12.8. The molecule has 0 heterocycles. The van der Waals surface area contributed by atoms with Crippen LogP contribution in [0.25, 0.3) is 0 Å². The van der Waals surface area contributed by atoms with E-state index in [0.717, 1.165) is 89.9 Å². The molecule has 0 aliphatic heterocycles. The zero-order valence-corrected chi connectivity index (χ0v) is 46.5. The van der Waals surface area contributed by atoms with E-state index in [4.69, 9.17) is 14.2 Å². The molecule has 0 unspecified atom stereocenters. The molecular formula is C65H110O6. The Bertz CT molecular complexity index is 1410. The summed E-state index contributed by atoms with van der Waals surface area (Å²) in [6.45, 7) is 6.53. The molecule has 0 spiro atoms. The van der Waals surface area contributed by atoms with Crippen molar-refractivity contribution in [1.29, 1.82) is 0 Å². The Morgan fingerprint density at radius 3 is 0.873 bits per heavy atom. The van der Waals surface area contributed by atoms with Crippen LogP contribution in [0.2, 0.25) is 0 Å². The van der Waals surface area contributed by atoms with Gasteiger partial charge >= 0.3 is 17.9 Å². The second kappa shape index (κ2) is 58.9. The number of rotatable bonds is 53. The average molecular weight is 988 g/mol. The van der Waals surface area contributed by atoms with Gasteiger partial charge in [-0.25, -0.2) is 0 Å². The number of esters is 3. The quantitative estimate of drug-likeness (QED) is 0.0261. The molecule has 0 fully saturated rings. The van der Waals surface area contributed by atoms with Gasteiger partial charge in [-0.1, -0.05) is 227 Å². The van der Waals surface area contributed by atoms with E-state index in [2.05, 4.69) is 118 Å². The third-order valence-electron chi connectivity index (χ3n) is 12.5. The van der Waals surface area contributed by atoms with Crippen LogP contribution >= 0.6 is 0 Å². The van der Waals surface area contributed by atoms with Crippen LogP contribution in [0.5, 0.6) is 0 Å². The first-order valence-corrected chi connectivity index (χ1v) is 29.7. The molecule has 0 saturated carbocycles. The first kappa shape index (κ1) is 67.3. The van der Waals surface area contributed by atoms with Crippen molar-refractivity contribution in [3.63, 3.8) is 0 Å². The topological polar surface area (TPSA) is 78.9 Å². The highest BCUT2D eigenvalue weighted by atomic mass is 16.6. The second-order valence-electron chi connectivity index (χ2n) is 19.5. The number of carbonyl (C=O) groups is 3. The highest BCUT2D eigenvalue weighted by Gasteiger charge is 2.19. The predicted octanol–water partition coefficient (Wildman–Crippen LogP) is 20.1. The summed E-state index contributed by atoms with van der Waals surface area (Å²) in [6.07, 6.45) is 78.3. The van der Waals surface area contributed by atoms with Gasteiger partial charge in [0.15, 0.2) is 6.10 Å². The number of carbonyl (C=O) groups excluding carboxylic acids is 3. The van der Waals surface area contributed by atoms with E-state index >= 15 is 0 Å². The summed E-state index contributed by atoms with van der Waals surface area (Å²) in [5, 5.41) is 0. The Morgan fingerprint density at radius 1 is 0.282 bits per heavy atom. The Hall–Kier alpha value is -3.67. The minimum Gasteiger partial charge on any atom is -0.462 e. The van der Waals surface area contributed by atoms with Gasteiger partial charge in [-0.15, -0.1) is 0 Å². The molecule has 0 rings (SSSR count). The van der Waals surface area contributed by atoms with Crippen LogP contribution < -0.4 is 0 Å². The maximum Gasteiger partial charge on any atom is 0.306 e. The molecule has 0 aromatic rings. The number of allylic oxidation sites excluding steroid dienone is 16. The fraction of sp³-hybridized carbons (Fsp3) is 0.708. The Kier molecular flexibility index (Phi) is 55.9. The van der Waals surface area contributed by atoms with Gasteiger partial charge in [0.1, 0.15) is 13.2 Å². The summed E-state index contributed by atoms with van der Waals surface area (Å²) in [5.74, 6) is -0.973. The first-order chi connectivity index (χ1) is 35.0. The fourth-order valence-corrected chi connectivity index (χ4v) is 8.01. The van der Waals surface area contributed by atoms with Crippen molar-refractivity contribution in [2.45, 2.75) is 284 Å². The molecule has 0 N–H and O–H groups in total. The Labute approximate surface area is 438 Å². The van der Waals surface area contributed by atoms with Crippen molar-refractivity contribution in [3.05, 3.63) is 97.2 Å². The molecule has 0 saturated heterocycles. The molecule has 0 radical (unpaired) electrons. The van der Waals surface area contributed by atoms with Crippen LogP contribution in [0, 0.1) is 0 Å². The standard InChI is InChI=1S/C65H110O6/c1-4-7-10-13-16-19-22-25-28-30-32-34-37-39-42-45-48-51-54-57-63(66)69-60-62(71-65(68)59-56-53-50-47-44-41-36-27-24-21-18-15-12-9-6-3)61-70-64(67)58-55-52-49-46-43-40-38-35-33-31-29-26-23-20-17-14-11-8-5-2/h16,18-19,21,25-29,32,34,36,39,42,44,47,62H,4-15,17,20,22-24,30-31,33,35,37-38,40-41,43,45-46,48-61H2,1-3H3/b19-16-,21-18-,28-25-,29-26-,34-32-,36-27-,42-39-,47-44-/t62-/m1/s1. The van der Waals surface area contributed by atoms with Gasteiger partial charge in [0.2, 0.25) is 0 Å². The molecule has 1 atom stereocenters. The minimum atomic E-state index is -0.813. The Morgan fingerprint density at radius 2 is 0.507 bits per heavy atom. The molecule has 6 nitrogen and oxygen atoms in total. The second-order valence-corrected chi connectivity index (χ2v) is 19.5. The summed E-state index contributed by atoms with van der Waals surface area (Å²) in [5.41, 5.74) is 0. The van der Waals surface area contributed by atoms with E-state index in [-0.39, 0.29) is 37.5 Å². The summed E-state index contributed by atoms with van der Waals surface area (Å²) in [4.78, 5) is 38.2. The van der Waals surface area contributed by atoms with E-state index in [1.54, 1.807) is 0 Å². The van der Waals surface area contributed by atoms with E-state index in [0.29, 0.717) is 19.3 Å². The van der Waals surface area contributed by atoms with Gasteiger partial charge in [-0.05, 0) is 128 Å². The van der Waals surface area contributed by atoms with Crippen LogP contribution in [-0.4, -0.2) is 37.2 Å². The van der Waals surface area contributed by atoms with Crippen molar-refractivity contribution in [2.75, 3.05) is 13.2 Å². The number of hydrogen-bond acceptors (Lipinski definition) is 6. The van der Waals surface area contributed by atoms with Gasteiger partial charge in [-0.3, -0.25) is 14.4 Å². The lowest BCUT2D eigenvalue weighted by Crippen LogP contribution is -2.30. The molecule has 0 amide bonds. The van der Waals surface area contributed by atoms with Crippen LogP contribution in [0.3, 0.4) is 0 Å². The number of ether oxygens (including phenoxy) is 3. The zero-order chi connectivity index (χ0) is 51.4. The molecule has 0 aromatic heterocycles. The molecular weight excluding hydrogens is 877 g/mol. The monoisotopic (exact) mass is 987 g/mol. The van der Waals surface area contributed by atoms with Crippen molar-refractivity contribution in [1.82, 2.24) is 0 Å². The molecule has 406 valence electrons. The fourth-order valence-electron chi connectivity index (χ4n) is 8.01. The third-order valence-corrected chi connectivity index (χ3v) is 12.5. The predicted molar refractivity (Wildman–Crippen MR) is 307 cm³/mol. The maximum atomic E-state index is 12.8. The summed E-state index contributed by atoms with van der Waals surface area (Å²) < 4.78 is 16.8. The van der Waals surface area contributed by atoms with Crippen LogP contribution in [0.15, 0.2) is 97.2 Å². The van der Waals surface area contributed by atoms with E-state index in [1.807, 2.05) is 0 Å². The largest absolute Gasteiger partial charge is 0.462 e. The van der Waals surface area contributed by atoms with E-state index in [9.17, 15) is 14.4 Å². The highest BCUT2D eigenvalue weighted by molar-refractivity contribution is 5.71. The summed E-state index contributed by atoms with van der Waals surface area (Å²) in [7, 11) is 0. The van der Waals surface area contributed by atoms with E-state index < -0.39 is 6.10 Å². The number of hydrogen-bond donors (Lipinski definition) is 0. The smallest absolute Gasteiger partial charge is 0.306 e. The van der Waals surface area contributed by atoms with Crippen molar-refractivity contribution < 1.29 is 28.6 Å². The number of unbranched alkanes of at least 4 members (excludes halogenated alkanes) is 26. The normalized spacial score (nSPS) is 12.8. The SMILES string of the molecule is CCCCC/C=C\C/C=C\C/C=C\C/C=C\CCCCCC(=O)OC[C@H](COC(=O)CCCCCCCCCCC/C=C\CCCCCCCC)OC(=O)CCCC/C=C\C/C=C\C/C=C\CCCCC. The molecule has 71 heavy (non-hydrogen) atoms. The van der Waals surface area contributed by atoms with Gasteiger partial charge < -0.3 is 14.2 Å². The van der Waals surface area contributed by atoms with Gasteiger partial charge in [0.25, 0.3) is 0 Å². The average Bonchev–Trinajstić information content (AvgIpc) is 3.37. The van der Waals surface area contributed by atoms with Crippen LogP contribution in [0.4, 0.5) is 0 Å². The lowest BCUT2D eigenvalue weighted by Gasteiger charge is -2.18. The van der Waals surface area contributed by atoms with Crippen molar-refractivity contribution >= 4 is 17.9 Å². The first-order valence-electron chi connectivity index (χ1n) is 29.7. The zero-order valence-electron chi connectivity index (χ0n) is 46.5. The third kappa shape index (κ3) is 57.1. The van der Waals surface area contributed by atoms with Crippen LogP contribution in [0.1, 0.15) is 278 Å². The molecule has 0 aromatic carbocycles. The van der Waals surface area contributed by atoms with E-state index in [1.165, 1.54) is 141 Å². The molecule has 0 aliphatic rings. The van der Waals surface area contributed by atoms with Crippen LogP contribution in [-0.2, 0) is 28.6 Å². The summed E-state index contributed by atoms with van der Waals surface area (Å²) in [6, 6.07) is 0. The van der Waals surface area contributed by atoms with Gasteiger partial charge in [0, 0.05) is 19.3 Å². The molecule has 0 bridgehead atoms. The highest BCUT2D eigenvalue weighted by Crippen LogP contribution is 2.14. The molecule has 6 heteroatoms. The summed E-state index contributed by atoms with van der Waals surface area (Å²) >= 11 is 0. The minimum absolute atomic E-state index is 0.104.